The number of nitrogens with one attached hydrogen (secondary N) is 2. The van der Waals surface area contributed by atoms with Crippen molar-refractivity contribution in [3.05, 3.63) is 112 Å². The van der Waals surface area contributed by atoms with E-state index in [-0.39, 0.29) is 42.3 Å². The Balaban J connectivity index is 0.992. The minimum Gasteiger partial charge on any atom is -0.340 e. The molecule has 56 heavy (non-hydrogen) atoms. The van der Waals surface area contributed by atoms with Gasteiger partial charge >= 0.3 is 5.69 Å². The van der Waals surface area contributed by atoms with Crippen LogP contribution in [0.25, 0.3) is 55.1 Å². The number of fused-ring (bicyclic) bond motifs is 3. The number of aromatic nitrogens is 6. The van der Waals surface area contributed by atoms with Crippen molar-refractivity contribution in [2.45, 2.75) is 45.4 Å². The molecule has 4 aromatic heterocycles. The van der Waals surface area contributed by atoms with Crippen molar-refractivity contribution in [3.63, 3.8) is 0 Å². The highest BCUT2D eigenvalue weighted by Crippen LogP contribution is 2.36. The highest BCUT2D eigenvalue weighted by molar-refractivity contribution is 6.03. The van der Waals surface area contributed by atoms with Crippen LogP contribution in [0.3, 0.4) is 0 Å². The lowest BCUT2D eigenvalue weighted by molar-refractivity contribution is -0.134. The highest BCUT2D eigenvalue weighted by atomic mass is 16.2. The minimum absolute atomic E-state index is 0.0517. The summed E-state index contributed by atoms with van der Waals surface area (Å²) < 4.78 is 5.14. The highest BCUT2D eigenvalue weighted by Gasteiger charge is 2.31. The molecule has 0 aliphatic carbocycles. The molecule has 1 saturated heterocycles. The molecule has 8 rings (SSSR count). The summed E-state index contributed by atoms with van der Waals surface area (Å²) in [5.41, 5.74) is 9.67. The van der Waals surface area contributed by atoms with Gasteiger partial charge in [0, 0.05) is 61.9 Å². The van der Waals surface area contributed by atoms with Crippen LogP contribution in [0.2, 0.25) is 0 Å². The second-order valence-electron chi connectivity index (χ2n) is 14.7. The molecular weight excluding hydrogens is 705 g/mol. The lowest BCUT2D eigenvalue weighted by atomic mass is 9.92. The number of aryl methyl sites for hydroxylation is 4. The number of rotatable bonds is 6. The molecule has 1 unspecified atom stereocenters. The number of nitrogens with zero attached hydrogens (tertiary/aromatic N) is 6. The van der Waals surface area contributed by atoms with Crippen LogP contribution in [-0.4, -0.2) is 53.1 Å². The molecule has 280 valence electrons. The number of hydrogen-bond donors (Lipinski definition) is 2. The fraction of sp³-hybridized carbons (Fsp3) is 0.250. The quantitative estimate of drug-likeness (QED) is 0.162. The van der Waals surface area contributed by atoms with Crippen molar-refractivity contribution in [2.75, 3.05) is 6.54 Å². The Morgan fingerprint density at radius 3 is 2.52 bits per heavy atom. The van der Waals surface area contributed by atoms with Crippen LogP contribution in [-0.2, 0) is 30.7 Å². The van der Waals surface area contributed by atoms with Crippen molar-refractivity contribution in [1.82, 2.24) is 39.5 Å². The van der Waals surface area contributed by atoms with E-state index >= 15 is 0 Å². The fourth-order valence-electron chi connectivity index (χ4n) is 7.75. The van der Waals surface area contributed by atoms with E-state index in [9.17, 15) is 19.2 Å². The number of piperidine rings is 1. The molecule has 5 heterocycles. The largest absolute Gasteiger partial charge is 0.340 e. The summed E-state index contributed by atoms with van der Waals surface area (Å²) in [7, 11) is 5.45. The van der Waals surface area contributed by atoms with Crippen LogP contribution < -0.4 is 16.3 Å². The van der Waals surface area contributed by atoms with Crippen LogP contribution in [0.4, 0.5) is 0 Å². The summed E-state index contributed by atoms with van der Waals surface area (Å²) in [5, 5.41) is 12.6. The van der Waals surface area contributed by atoms with Gasteiger partial charge in [-0.15, -0.1) is 0 Å². The second-order valence-corrected chi connectivity index (χ2v) is 14.7. The summed E-state index contributed by atoms with van der Waals surface area (Å²) in [5.74, 6) is 4.87. The minimum atomic E-state index is -0.509. The predicted molar refractivity (Wildman–Crippen MR) is 216 cm³/mol. The molecule has 1 fully saturated rings. The lowest BCUT2D eigenvalue weighted by Crippen LogP contribution is -2.39. The summed E-state index contributed by atoms with van der Waals surface area (Å²) in [4.78, 5) is 59.6. The van der Waals surface area contributed by atoms with Crippen LogP contribution in [0.5, 0.6) is 0 Å². The topological polar surface area (TPSA) is 146 Å². The number of amides is 3. The van der Waals surface area contributed by atoms with Crippen molar-refractivity contribution < 1.29 is 14.4 Å². The molecule has 7 aromatic rings. The Morgan fingerprint density at radius 1 is 0.929 bits per heavy atom. The third-order valence-electron chi connectivity index (χ3n) is 10.7. The van der Waals surface area contributed by atoms with E-state index in [1.165, 1.54) is 0 Å². The van der Waals surface area contributed by atoms with Gasteiger partial charge in [0.2, 0.25) is 11.8 Å². The first-order chi connectivity index (χ1) is 26.9. The average molecular weight is 745 g/mol. The van der Waals surface area contributed by atoms with E-state index < -0.39 is 5.92 Å². The maximum absolute atomic E-state index is 13.2. The zero-order valence-electron chi connectivity index (χ0n) is 32.0. The van der Waals surface area contributed by atoms with Gasteiger partial charge < -0.3 is 5.32 Å². The molecule has 1 aliphatic rings. The number of hydrogen-bond acceptors (Lipinski definition) is 7. The Morgan fingerprint density at radius 2 is 1.75 bits per heavy atom. The molecule has 3 amide bonds. The second kappa shape index (κ2) is 14.1. The number of benzene rings is 3. The van der Waals surface area contributed by atoms with Crippen molar-refractivity contribution in [2.24, 2.45) is 21.1 Å². The van der Waals surface area contributed by atoms with Crippen molar-refractivity contribution in [1.29, 1.82) is 0 Å². The van der Waals surface area contributed by atoms with E-state index in [1.54, 1.807) is 20.0 Å². The zero-order chi connectivity index (χ0) is 39.4. The molecule has 0 bridgehead atoms. The normalized spacial score (nSPS) is 14.4. The first kappa shape index (κ1) is 36.1. The van der Waals surface area contributed by atoms with Gasteiger partial charge in [0.25, 0.3) is 5.91 Å². The SMILES string of the molecule is Cc1cc(-c2cc3cccc(-c4cc(C(C)C)c5c(c4)n(C)c(=O)n5C)c3cn2)cnc1C(=O)NCC#Cc1ccc2c(c1)c(C1CCC(=O)NC1=O)nn2C. The molecule has 0 radical (unpaired) electrons. The van der Waals surface area contributed by atoms with Gasteiger partial charge in [0.1, 0.15) is 5.69 Å². The van der Waals surface area contributed by atoms with Gasteiger partial charge in [0.05, 0.1) is 40.4 Å². The van der Waals surface area contributed by atoms with Crippen molar-refractivity contribution in [3.8, 4) is 34.2 Å². The Bertz CT molecular complexity index is 2920. The number of pyridine rings is 2. The average Bonchev–Trinajstić information content (AvgIpc) is 3.62. The molecule has 1 aliphatic heterocycles. The maximum atomic E-state index is 13.2. The molecule has 0 spiro atoms. The fourth-order valence-corrected chi connectivity index (χ4v) is 7.75. The third kappa shape index (κ3) is 6.30. The van der Waals surface area contributed by atoms with Gasteiger partial charge in [-0.2, -0.15) is 5.10 Å². The first-order valence-corrected chi connectivity index (χ1v) is 18.5. The van der Waals surface area contributed by atoms with Gasteiger partial charge in [-0.05, 0) is 89.4 Å². The van der Waals surface area contributed by atoms with Gasteiger partial charge in [0.15, 0.2) is 0 Å². The van der Waals surface area contributed by atoms with E-state index in [0.29, 0.717) is 28.9 Å². The standard InChI is InChI=1S/C44H40N8O4/c1-24(2)32-19-28(21-37-41(32)51(5)44(56)50(37)4)30-11-7-10-27-20-35(46-23-34(27)30)29-17-25(3)39(47-22-29)43(55)45-16-8-9-26-12-14-36-33(18-26)40(49-52(36)6)31-13-15-38(53)48-42(31)54/h7,10-12,14,17-24,31H,13,15-16H2,1-6H3,(H,45,55)(H,48,53,54). The van der Waals surface area contributed by atoms with E-state index in [1.807, 2.05) is 70.7 Å². The summed E-state index contributed by atoms with van der Waals surface area (Å²) in [6.45, 7) is 6.23. The van der Waals surface area contributed by atoms with E-state index in [4.69, 9.17) is 4.98 Å². The molecule has 0 saturated carbocycles. The smallest absolute Gasteiger partial charge is 0.328 e. The maximum Gasteiger partial charge on any atom is 0.328 e. The third-order valence-corrected chi connectivity index (χ3v) is 10.7. The molecular formula is C44H40N8O4. The van der Waals surface area contributed by atoms with E-state index in [0.717, 1.165) is 60.7 Å². The molecule has 3 aromatic carbocycles. The van der Waals surface area contributed by atoms with Crippen LogP contribution >= 0.6 is 0 Å². The molecule has 1 atom stereocenters. The molecule has 2 N–H and O–H groups in total. The Labute approximate surface area is 322 Å². The van der Waals surface area contributed by atoms with Gasteiger partial charge in [-0.3, -0.25) is 43.5 Å². The van der Waals surface area contributed by atoms with Crippen LogP contribution in [0.1, 0.15) is 71.4 Å². The Kier molecular flexibility index (Phi) is 9.08. The summed E-state index contributed by atoms with van der Waals surface area (Å²) >= 11 is 0. The first-order valence-electron chi connectivity index (χ1n) is 18.5. The van der Waals surface area contributed by atoms with Gasteiger partial charge in [-0.1, -0.05) is 43.9 Å². The number of imide groups is 1. The van der Waals surface area contributed by atoms with Crippen LogP contribution in [0, 0.1) is 18.8 Å². The number of carbonyl (C=O) groups is 3. The monoisotopic (exact) mass is 744 g/mol. The van der Waals surface area contributed by atoms with Crippen molar-refractivity contribution >= 4 is 50.4 Å². The lowest BCUT2D eigenvalue weighted by Gasteiger charge is -2.19. The number of carbonyl (C=O) groups excluding carboxylic acids is 3. The number of imidazole rings is 1. The zero-order valence-corrected chi connectivity index (χ0v) is 32.0. The molecule has 12 nitrogen and oxygen atoms in total. The van der Waals surface area contributed by atoms with Gasteiger partial charge in [-0.25, -0.2) is 4.79 Å². The summed E-state index contributed by atoms with van der Waals surface area (Å²) in [6, 6.07) is 20.0. The molecule has 12 heteroatoms. The Hall–Kier alpha value is -6.87. The van der Waals surface area contributed by atoms with E-state index in [2.05, 4.69) is 70.7 Å². The van der Waals surface area contributed by atoms with Crippen LogP contribution in [0.15, 0.2) is 77.9 Å². The summed E-state index contributed by atoms with van der Waals surface area (Å²) in [6.07, 6.45) is 4.21. The predicted octanol–water partition coefficient (Wildman–Crippen LogP) is 5.77.